The molecule has 2 heterocycles. The topological polar surface area (TPSA) is 52.6 Å². The SMILES string of the molecule is CC(C)Cc1ccc(C(=O)N2CCC[C@]3(CNCC[C@@H]3O)C2)cc1. The van der Waals surface area contributed by atoms with Gasteiger partial charge in [0.2, 0.25) is 0 Å². The van der Waals surface area contributed by atoms with Gasteiger partial charge in [0.25, 0.3) is 5.91 Å². The molecule has 0 aliphatic carbocycles. The van der Waals surface area contributed by atoms with Crippen LogP contribution in [-0.2, 0) is 6.42 Å². The molecule has 0 radical (unpaired) electrons. The van der Waals surface area contributed by atoms with Gasteiger partial charge in [-0.2, -0.15) is 0 Å². The lowest BCUT2D eigenvalue weighted by atomic mass is 9.72. The van der Waals surface area contributed by atoms with Crippen molar-refractivity contribution in [3.05, 3.63) is 35.4 Å². The fourth-order valence-electron chi connectivity index (χ4n) is 4.19. The van der Waals surface area contributed by atoms with Crippen LogP contribution >= 0.6 is 0 Å². The first kappa shape index (κ1) is 17.4. The van der Waals surface area contributed by atoms with Crippen LogP contribution in [0.5, 0.6) is 0 Å². The molecule has 0 bridgehead atoms. The van der Waals surface area contributed by atoms with Crippen LogP contribution in [0.4, 0.5) is 0 Å². The smallest absolute Gasteiger partial charge is 0.253 e. The summed E-state index contributed by atoms with van der Waals surface area (Å²) >= 11 is 0. The Morgan fingerprint density at radius 3 is 2.79 bits per heavy atom. The summed E-state index contributed by atoms with van der Waals surface area (Å²) in [6.45, 7) is 7.54. The van der Waals surface area contributed by atoms with Crippen LogP contribution in [-0.4, -0.2) is 48.2 Å². The summed E-state index contributed by atoms with van der Waals surface area (Å²) in [5, 5.41) is 13.9. The van der Waals surface area contributed by atoms with E-state index in [0.29, 0.717) is 12.5 Å². The maximum atomic E-state index is 12.9. The van der Waals surface area contributed by atoms with E-state index in [4.69, 9.17) is 0 Å². The predicted molar refractivity (Wildman–Crippen MR) is 96.0 cm³/mol. The van der Waals surface area contributed by atoms with Crippen molar-refractivity contribution in [3.8, 4) is 0 Å². The maximum absolute atomic E-state index is 12.9. The molecular weight excluding hydrogens is 300 g/mol. The largest absolute Gasteiger partial charge is 0.392 e. The molecule has 2 aliphatic rings. The van der Waals surface area contributed by atoms with E-state index in [0.717, 1.165) is 50.9 Å². The number of hydrogen-bond acceptors (Lipinski definition) is 3. The Bertz CT molecular complexity index is 566. The number of nitrogens with one attached hydrogen (secondary N) is 1. The van der Waals surface area contributed by atoms with Crippen LogP contribution < -0.4 is 5.32 Å². The number of carbonyl (C=O) groups excluding carboxylic acids is 1. The molecule has 0 aromatic heterocycles. The Hall–Kier alpha value is -1.39. The number of hydrogen-bond donors (Lipinski definition) is 2. The first-order chi connectivity index (χ1) is 11.5. The van der Waals surface area contributed by atoms with Crippen molar-refractivity contribution in [1.82, 2.24) is 10.2 Å². The van der Waals surface area contributed by atoms with Crippen molar-refractivity contribution in [2.45, 2.75) is 45.6 Å². The predicted octanol–water partition coefficient (Wildman–Crippen LogP) is 2.46. The Morgan fingerprint density at radius 2 is 2.12 bits per heavy atom. The molecule has 0 saturated carbocycles. The molecule has 4 nitrogen and oxygen atoms in total. The second-order valence-corrected chi connectivity index (χ2v) is 7.97. The van der Waals surface area contributed by atoms with Gasteiger partial charge in [0, 0.05) is 30.6 Å². The minimum atomic E-state index is -0.303. The van der Waals surface area contributed by atoms with E-state index in [9.17, 15) is 9.90 Å². The summed E-state index contributed by atoms with van der Waals surface area (Å²) in [5.41, 5.74) is 1.88. The fourth-order valence-corrected chi connectivity index (χ4v) is 4.19. The average molecular weight is 330 g/mol. The molecule has 4 heteroatoms. The Morgan fingerprint density at radius 1 is 1.38 bits per heavy atom. The van der Waals surface area contributed by atoms with Gasteiger partial charge in [-0.05, 0) is 55.8 Å². The van der Waals surface area contributed by atoms with E-state index >= 15 is 0 Å². The third-order valence-electron chi connectivity index (χ3n) is 5.52. The second-order valence-electron chi connectivity index (χ2n) is 7.97. The number of aliphatic hydroxyl groups excluding tert-OH is 1. The van der Waals surface area contributed by atoms with E-state index in [1.54, 1.807) is 0 Å². The molecule has 1 spiro atoms. The summed E-state index contributed by atoms with van der Waals surface area (Å²) < 4.78 is 0. The van der Waals surface area contributed by atoms with Crippen LogP contribution in [0.1, 0.15) is 49.0 Å². The minimum Gasteiger partial charge on any atom is -0.392 e. The van der Waals surface area contributed by atoms with E-state index < -0.39 is 0 Å². The van der Waals surface area contributed by atoms with E-state index in [1.807, 2.05) is 17.0 Å². The van der Waals surface area contributed by atoms with E-state index in [2.05, 4.69) is 31.3 Å². The molecule has 2 fully saturated rings. The van der Waals surface area contributed by atoms with Crippen molar-refractivity contribution in [2.75, 3.05) is 26.2 Å². The summed E-state index contributed by atoms with van der Waals surface area (Å²) in [4.78, 5) is 14.8. The van der Waals surface area contributed by atoms with Crippen LogP contribution in [0, 0.1) is 11.3 Å². The lowest BCUT2D eigenvalue weighted by Gasteiger charge is -2.48. The molecule has 0 unspecified atom stereocenters. The average Bonchev–Trinajstić information content (AvgIpc) is 2.57. The number of aliphatic hydroxyl groups is 1. The quantitative estimate of drug-likeness (QED) is 0.895. The standard InChI is InChI=1S/C20H30N2O2/c1-15(2)12-16-4-6-17(7-5-16)19(24)22-11-3-9-20(14-22)13-21-10-8-18(20)23/h4-7,15,18,21,23H,3,8-14H2,1-2H3/t18-,20-/m0/s1. The monoisotopic (exact) mass is 330 g/mol. The van der Waals surface area contributed by atoms with Gasteiger partial charge < -0.3 is 15.3 Å². The lowest BCUT2D eigenvalue weighted by Crippen LogP contribution is -2.58. The Balaban J connectivity index is 1.70. The van der Waals surface area contributed by atoms with Gasteiger partial charge in [-0.15, -0.1) is 0 Å². The first-order valence-electron chi connectivity index (χ1n) is 9.27. The van der Waals surface area contributed by atoms with Crippen LogP contribution in [0.15, 0.2) is 24.3 Å². The number of nitrogens with zero attached hydrogens (tertiary/aromatic N) is 1. The number of rotatable bonds is 3. The molecule has 24 heavy (non-hydrogen) atoms. The maximum Gasteiger partial charge on any atom is 0.253 e. The van der Waals surface area contributed by atoms with Gasteiger partial charge >= 0.3 is 0 Å². The lowest BCUT2D eigenvalue weighted by molar-refractivity contribution is -0.0433. The normalized spacial score (nSPS) is 27.7. The molecule has 2 N–H and O–H groups in total. The molecule has 1 amide bonds. The molecule has 1 aromatic rings. The molecule has 2 saturated heterocycles. The van der Waals surface area contributed by atoms with Gasteiger partial charge in [-0.25, -0.2) is 0 Å². The van der Waals surface area contributed by atoms with Crippen molar-refractivity contribution < 1.29 is 9.90 Å². The van der Waals surface area contributed by atoms with E-state index in [-0.39, 0.29) is 17.4 Å². The highest BCUT2D eigenvalue weighted by atomic mass is 16.3. The fraction of sp³-hybridized carbons (Fsp3) is 0.650. The van der Waals surface area contributed by atoms with Crippen molar-refractivity contribution in [2.24, 2.45) is 11.3 Å². The Kier molecular flexibility index (Phi) is 5.26. The zero-order valence-electron chi connectivity index (χ0n) is 14.9. The number of carbonyl (C=O) groups is 1. The van der Waals surface area contributed by atoms with Crippen molar-refractivity contribution in [1.29, 1.82) is 0 Å². The van der Waals surface area contributed by atoms with Gasteiger partial charge in [0.15, 0.2) is 0 Å². The van der Waals surface area contributed by atoms with Crippen molar-refractivity contribution in [3.63, 3.8) is 0 Å². The molecular formula is C20H30N2O2. The van der Waals surface area contributed by atoms with Gasteiger partial charge in [0.05, 0.1) is 6.10 Å². The summed E-state index contributed by atoms with van der Waals surface area (Å²) in [6, 6.07) is 8.06. The van der Waals surface area contributed by atoms with Gasteiger partial charge in [-0.3, -0.25) is 4.79 Å². The number of benzene rings is 1. The van der Waals surface area contributed by atoms with Crippen molar-refractivity contribution >= 4 is 5.91 Å². The minimum absolute atomic E-state index is 0.0999. The number of amides is 1. The third kappa shape index (κ3) is 3.65. The Labute approximate surface area is 145 Å². The van der Waals surface area contributed by atoms with Crippen LogP contribution in [0.2, 0.25) is 0 Å². The van der Waals surface area contributed by atoms with Gasteiger partial charge in [-0.1, -0.05) is 26.0 Å². The zero-order valence-corrected chi connectivity index (χ0v) is 14.9. The highest BCUT2D eigenvalue weighted by molar-refractivity contribution is 5.94. The van der Waals surface area contributed by atoms with Crippen LogP contribution in [0.25, 0.3) is 0 Å². The highest BCUT2D eigenvalue weighted by Crippen LogP contribution is 2.36. The molecule has 3 rings (SSSR count). The second kappa shape index (κ2) is 7.24. The molecule has 132 valence electrons. The number of piperidine rings is 2. The summed E-state index contributed by atoms with van der Waals surface area (Å²) in [7, 11) is 0. The zero-order chi connectivity index (χ0) is 17.2. The molecule has 2 atom stereocenters. The van der Waals surface area contributed by atoms with Crippen LogP contribution in [0.3, 0.4) is 0 Å². The molecule has 1 aromatic carbocycles. The molecule has 2 aliphatic heterocycles. The summed E-state index contributed by atoms with van der Waals surface area (Å²) in [5.74, 6) is 0.719. The van der Waals surface area contributed by atoms with E-state index in [1.165, 1.54) is 5.56 Å². The third-order valence-corrected chi connectivity index (χ3v) is 5.52. The summed E-state index contributed by atoms with van der Waals surface area (Å²) in [6.07, 6.45) is 3.49. The van der Waals surface area contributed by atoms with Gasteiger partial charge in [0.1, 0.15) is 0 Å². The first-order valence-corrected chi connectivity index (χ1v) is 9.27. The highest BCUT2D eigenvalue weighted by Gasteiger charge is 2.44. The number of likely N-dealkylation sites (tertiary alicyclic amines) is 1.